The maximum absolute atomic E-state index is 13.5. The number of amides is 1. The van der Waals surface area contributed by atoms with Gasteiger partial charge in [-0.3, -0.25) is 9.10 Å². The quantitative estimate of drug-likeness (QED) is 0.575. The van der Waals surface area contributed by atoms with Crippen molar-refractivity contribution in [3.8, 4) is 11.5 Å². The van der Waals surface area contributed by atoms with Crippen LogP contribution in [0.1, 0.15) is 5.56 Å². The molecule has 0 aromatic heterocycles. The number of methoxy groups -OCH3 is 2. The summed E-state index contributed by atoms with van der Waals surface area (Å²) in [5.74, 6) is 0.384. The summed E-state index contributed by atoms with van der Waals surface area (Å²) in [6.07, 6.45) is 0. The van der Waals surface area contributed by atoms with E-state index in [2.05, 4.69) is 5.32 Å². The Morgan fingerprint density at radius 1 is 0.903 bits per heavy atom. The number of nitrogens with zero attached hydrogens (tertiary/aromatic N) is 1. The molecule has 0 bridgehead atoms. The largest absolute Gasteiger partial charge is 0.497 e. The highest BCUT2D eigenvalue weighted by Crippen LogP contribution is 2.32. The summed E-state index contributed by atoms with van der Waals surface area (Å²) < 4.78 is 38.5. The Hall–Kier alpha value is -3.52. The Balaban J connectivity index is 1.97. The molecule has 162 valence electrons. The van der Waals surface area contributed by atoms with E-state index in [0.29, 0.717) is 17.2 Å². The van der Waals surface area contributed by atoms with Crippen molar-refractivity contribution in [2.45, 2.75) is 11.8 Å². The normalized spacial score (nSPS) is 10.9. The van der Waals surface area contributed by atoms with Crippen molar-refractivity contribution in [1.29, 1.82) is 0 Å². The number of nitrogens with one attached hydrogen (secondary N) is 1. The first-order valence-electron chi connectivity index (χ1n) is 9.51. The molecule has 3 aromatic rings. The molecular weight excluding hydrogens is 416 g/mol. The van der Waals surface area contributed by atoms with Crippen LogP contribution in [-0.4, -0.2) is 35.1 Å². The summed E-state index contributed by atoms with van der Waals surface area (Å²) in [5.41, 5.74) is 1.90. The highest BCUT2D eigenvalue weighted by atomic mass is 32.2. The number of anilines is 2. The first-order chi connectivity index (χ1) is 14.8. The van der Waals surface area contributed by atoms with Crippen LogP contribution in [0.5, 0.6) is 11.5 Å². The smallest absolute Gasteiger partial charge is 0.264 e. The maximum Gasteiger partial charge on any atom is 0.264 e. The Bertz CT molecular complexity index is 1140. The number of ether oxygens (including phenoxy) is 2. The van der Waals surface area contributed by atoms with Gasteiger partial charge in [0.2, 0.25) is 5.91 Å². The summed E-state index contributed by atoms with van der Waals surface area (Å²) in [5, 5.41) is 2.74. The van der Waals surface area contributed by atoms with Crippen LogP contribution in [0.2, 0.25) is 0 Å². The minimum atomic E-state index is -4.07. The number of benzene rings is 3. The van der Waals surface area contributed by atoms with Crippen LogP contribution in [0, 0.1) is 6.92 Å². The first kappa shape index (κ1) is 22.2. The molecule has 8 heteroatoms. The van der Waals surface area contributed by atoms with E-state index in [1.807, 2.05) is 19.1 Å². The van der Waals surface area contributed by atoms with Crippen molar-refractivity contribution in [3.63, 3.8) is 0 Å². The van der Waals surface area contributed by atoms with Crippen LogP contribution in [-0.2, 0) is 14.8 Å². The van der Waals surface area contributed by atoms with Crippen LogP contribution in [0.15, 0.2) is 77.7 Å². The van der Waals surface area contributed by atoms with E-state index in [1.54, 1.807) is 48.5 Å². The molecule has 0 aliphatic carbocycles. The average molecular weight is 441 g/mol. The lowest BCUT2D eigenvalue weighted by Crippen LogP contribution is -2.38. The van der Waals surface area contributed by atoms with E-state index < -0.39 is 22.5 Å². The van der Waals surface area contributed by atoms with Gasteiger partial charge in [0.15, 0.2) is 0 Å². The van der Waals surface area contributed by atoms with Crippen molar-refractivity contribution in [1.82, 2.24) is 0 Å². The lowest BCUT2D eigenvalue weighted by molar-refractivity contribution is -0.114. The second kappa shape index (κ2) is 9.53. The molecule has 3 rings (SSSR count). The summed E-state index contributed by atoms with van der Waals surface area (Å²) in [4.78, 5) is 12.8. The summed E-state index contributed by atoms with van der Waals surface area (Å²) in [6.45, 7) is 1.51. The fourth-order valence-corrected chi connectivity index (χ4v) is 4.41. The van der Waals surface area contributed by atoms with Gasteiger partial charge in [0.05, 0.1) is 24.8 Å². The second-order valence-corrected chi connectivity index (χ2v) is 8.64. The predicted octanol–water partition coefficient (Wildman–Crippen LogP) is 3.85. The monoisotopic (exact) mass is 440 g/mol. The predicted molar refractivity (Wildman–Crippen MR) is 120 cm³/mol. The molecule has 1 amide bonds. The van der Waals surface area contributed by atoms with Crippen molar-refractivity contribution in [3.05, 3.63) is 78.4 Å². The molecule has 0 unspecified atom stereocenters. The van der Waals surface area contributed by atoms with Gasteiger partial charge < -0.3 is 14.8 Å². The summed E-state index contributed by atoms with van der Waals surface area (Å²) >= 11 is 0. The zero-order chi connectivity index (χ0) is 22.4. The third-order valence-corrected chi connectivity index (χ3v) is 6.40. The lowest BCUT2D eigenvalue weighted by atomic mass is 10.2. The van der Waals surface area contributed by atoms with E-state index in [1.165, 1.54) is 26.4 Å². The van der Waals surface area contributed by atoms with Crippen LogP contribution in [0.3, 0.4) is 0 Å². The molecule has 0 aliphatic heterocycles. The molecule has 0 atom stereocenters. The number of rotatable bonds is 8. The number of carbonyl (C=O) groups is 1. The van der Waals surface area contributed by atoms with Crippen LogP contribution in [0.4, 0.5) is 11.4 Å². The zero-order valence-corrected chi connectivity index (χ0v) is 18.3. The van der Waals surface area contributed by atoms with Crippen molar-refractivity contribution in [2.24, 2.45) is 0 Å². The molecule has 0 spiro atoms. The third-order valence-electron chi connectivity index (χ3n) is 4.62. The van der Waals surface area contributed by atoms with Gasteiger partial charge in [0.1, 0.15) is 18.0 Å². The topological polar surface area (TPSA) is 84.9 Å². The van der Waals surface area contributed by atoms with E-state index in [9.17, 15) is 13.2 Å². The molecule has 3 aromatic carbocycles. The van der Waals surface area contributed by atoms with E-state index in [4.69, 9.17) is 9.47 Å². The van der Waals surface area contributed by atoms with E-state index in [-0.39, 0.29) is 10.6 Å². The van der Waals surface area contributed by atoms with Gasteiger partial charge >= 0.3 is 0 Å². The van der Waals surface area contributed by atoms with Crippen LogP contribution < -0.4 is 19.1 Å². The maximum atomic E-state index is 13.5. The molecular formula is C23H24N2O5S. The molecule has 1 N–H and O–H groups in total. The van der Waals surface area contributed by atoms with Crippen molar-refractivity contribution >= 4 is 27.3 Å². The molecule has 0 radical (unpaired) electrons. The number of para-hydroxylation sites is 2. The average Bonchev–Trinajstić information content (AvgIpc) is 2.79. The van der Waals surface area contributed by atoms with Gasteiger partial charge in [-0.25, -0.2) is 8.42 Å². The van der Waals surface area contributed by atoms with Gasteiger partial charge in [-0.15, -0.1) is 0 Å². The van der Waals surface area contributed by atoms with Crippen molar-refractivity contribution in [2.75, 3.05) is 30.4 Å². The lowest BCUT2D eigenvalue weighted by Gasteiger charge is -2.25. The fourth-order valence-electron chi connectivity index (χ4n) is 2.98. The standard InChI is InChI=1S/C23H24N2O5S/c1-17-8-10-18(11-9-17)24-23(26)16-25(21-6-4-5-7-22(21)30-3)31(27,28)20-14-12-19(29-2)13-15-20/h4-15H,16H2,1-3H3,(H,24,26). The molecule has 7 nitrogen and oxygen atoms in total. The Morgan fingerprint density at radius 3 is 2.16 bits per heavy atom. The summed E-state index contributed by atoms with van der Waals surface area (Å²) in [6, 6.07) is 19.9. The van der Waals surface area contributed by atoms with Crippen LogP contribution in [0.25, 0.3) is 0 Å². The second-order valence-electron chi connectivity index (χ2n) is 6.77. The fraction of sp³-hybridized carbons (Fsp3) is 0.174. The Kier molecular flexibility index (Phi) is 6.81. The number of hydrogen-bond acceptors (Lipinski definition) is 5. The van der Waals surface area contributed by atoms with Gasteiger partial charge in [0, 0.05) is 5.69 Å². The number of hydrogen-bond donors (Lipinski definition) is 1. The Labute approximate surface area is 182 Å². The van der Waals surface area contributed by atoms with Gasteiger partial charge in [-0.05, 0) is 55.5 Å². The zero-order valence-electron chi connectivity index (χ0n) is 17.5. The minimum absolute atomic E-state index is 0.0299. The van der Waals surface area contributed by atoms with Gasteiger partial charge in [-0.2, -0.15) is 0 Å². The Morgan fingerprint density at radius 2 is 1.55 bits per heavy atom. The minimum Gasteiger partial charge on any atom is -0.497 e. The number of carbonyl (C=O) groups excluding carboxylic acids is 1. The summed E-state index contributed by atoms with van der Waals surface area (Å²) in [7, 11) is -1.12. The molecule has 0 fully saturated rings. The molecule has 31 heavy (non-hydrogen) atoms. The SMILES string of the molecule is COc1ccc(S(=O)(=O)N(CC(=O)Nc2ccc(C)cc2)c2ccccc2OC)cc1. The van der Waals surface area contributed by atoms with Crippen molar-refractivity contribution < 1.29 is 22.7 Å². The molecule has 0 aliphatic rings. The van der Waals surface area contributed by atoms with Gasteiger partial charge in [0.25, 0.3) is 10.0 Å². The highest BCUT2D eigenvalue weighted by molar-refractivity contribution is 7.92. The molecule has 0 saturated heterocycles. The molecule has 0 saturated carbocycles. The van der Waals surface area contributed by atoms with Gasteiger partial charge in [-0.1, -0.05) is 29.8 Å². The van der Waals surface area contributed by atoms with E-state index >= 15 is 0 Å². The third kappa shape index (κ3) is 5.16. The molecule has 0 heterocycles. The number of sulfonamides is 1. The number of aryl methyl sites for hydroxylation is 1. The highest BCUT2D eigenvalue weighted by Gasteiger charge is 2.29. The first-order valence-corrected chi connectivity index (χ1v) is 11.0. The van der Waals surface area contributed by atoms with Crippen LogP contribution >= 0.6 is 0 Å². The van der Waals surface area contributed by atoms with E-state index in [0.717, 1.165) is 9.87 Å².